The summed E-state index contributed by atoms with van der Waals surface area (Å²) in [7, 11) is 1.76. The van der Waals surface area contributed by atoms with Crippen molar-refractivity contribution in [3.05, 3.63) is 51.2 Å². The van der Waals surface area contributed by atoms with Gasteiger partial charge in [0, 0.05) is 31.4 Å². The van der Waals surface area contributed by atoms with Crippen molar-refractivity contribution < 1.29 is 4.39 Å². The van der Waals surface area contributed by atoms with Gasteiger partial charge in [-0.3, -0.25) is 4.99 Å². The van der Waals surface area contributed by atoms with Gasteiger partial charge in [-0.2, -0.15) is 0 Å². The summed E-state index contributed by atoms with van der Waals surface area (Å²) in [5.41, 5.74) is 2.14. The maximum atomic E-state index is 13.1. The van der Waals surface area contributed by atoms with Crippen LogP contribution in [0.25, 0.3) is 0 Å². The maximum absolute atomic E-state index is 13.1. The highest BCUT2D eigenvalue weighted by Crippen LogP contribution is 2.16. The quantitative estimate of drug-likeness (QED) is 0.276. The predicted octanol–water partition coefficient (Wildman–Crippen LogP) is 3.86. The SMILES string of the molecule is CN=C(NCCCc1cccc(F)c1)NCCc1nc(C)c(C)s1.I. The fraction of sp³-hybridized carbons (Fsp3) is 0.444. The summed E-state index contributed by atoms with van der Waals surface area (Å²) in [4.78, 5) is 10.0. The number of aromatic nitrogens is 1. The van der Waals surface area contributed by atoms with Gasteiger partial charge in [-0.15, -0.1) is 35.3 Å². The van der Waals surface area contributed by atoms with Crippen molar-refractivity contribution >= 4 is 41.3 Å². The number of nitrogens with one attached hydrogen (secondary N) is 2. The smallest absolute Gasteiger partial charge is 0.190 e. The Morgan fingerprint density at radius 2 is 1.96 bits per heavy atom. The molecule has 1 aromatic heterocycles. The van der Waals surface area contributed by atoms with E-state index in [1.165, 1.54) is 10.9 Å². The molecule has 2 N–H and O–H groups in total. The van der Waals surface area contributed by atoms with Crippen LogP contribution in [0.15, 0.2) is 29.3 Å². The van der Waals surface area contributed by atoms with Gasteiger partial charge in [0.15, 0.2) is 5.96 Å². The molecule has 0 atom stereocenters. The maximum Gasteiger partial charge on any atom is 0.190 e. The Kier molecular flexibility index (Phi) is 9.96. The van der Waals surface area contributed by atoms with Gasteiger partial charge >= 0.3 is 0 Å². The first-order chi connectivity index (χ1) is 11.6. The zero-order valence-electron chi connectivity index (χ0n) is 14.9. The van der Waals surface area contributed by atoms with Crippen LogP contribution < -0.4 is 10.6 Å². The molecule has 0 spiro atoms. The van der Waals surface area contributed by atoms with Gasteiger partial charge in [-0.25, -0.2) is 9.37 Å². The number of rotatable bonds is 7. The molecule has 2 aromatic rings. The number of hydrogen-bond acceptors (Lipinski definition) is 3. The zero-order valence-corrected chi connectivity index (χ0v) is 18.1. The second-order valence-corrected chi connectivity index (χ2v) is 6.95. The molecule has 0 fully saturated rings. The minimum atomic E-state index is -0.175. The Labute approximate surface area is 170 Å². The van der Waals surface area contributed by atoms with E-state index in [0.29, 0.717) is 0 Å². The monoisotopic (exact) mass is 476 g/mol. The van der Waals surface area contributed by atoms with Crippen molar-refractivity contribution in [2.75, 3.05) is 20.1 Å². The van der Waals surface area contributed by atoms with Crippen molar-refractivity contribution in [2.45, 2.75) is 33.1 Å². The molecule has 2 rings (SSSR count). The fourth-order valence-corrected chi connectivity index (χ4v) is 3.28. The van der Waals surface area contributed by atoms with E-state index in [4.69, 9.17) is 0 Å². The average Bonchev–Trinajstić information content (AvgIpc) is 2.88. The molecule has 0 radical (unpaired) electrons. The van der Waals surface area contributed by atoms with E-state index in [1.54, 1.807) is 30.5 Å². The van der Waals surface area contributed by atoms with E-state index < -0.39 is 0 Å². The van der Waals surface area contributed by atoms with E-state index in [2.05, 4.69) is 27.5 Å². The molecule has 0 aliphatic carbocycles. The third-order valence-electron chi connectivity index (χ3n) is 3.75. The Morgan fingerprint density at radius 3 is 2.60 bits per heavy atom. The van der Waals surface area contributed by atoms with Crippen LogP contribution in [-0.2, 0) is 12.8 Å². The molecule has 0 aliphatic heterocycles. The third-order valence-corrected chi connectivity index (χ3v) is 4.88. The Balaban J connectivity index is 0.00000312. The number of aliphatic imine (C=N–C) groups is 1. The van der Waals surface area contributed by atoms with E-state index in [1.807, 2.05) is 13.0 Å². The van der Waals surface area contributed by atoms with Crippen LogP contribution in [0.1, 0.15) is 27.6 Å². The number of halogens is 2. The molecule has 25 heavy (non-hydrogen) atoms. The lowest BCUT2D eigenvalue weighted by molar-refractivity contribution is 0.624. The molecule has 0 unspecified atom stereocenters. The molecular weight excluding hydrogens is 450 g/mol. The standard InChI is InChI=1S/C18H25FN4S.HI/c1-13-14(2)24-17(23-13)9-11-22-18(20-3)21-10-5-7-15-6-4-8-16(19)12-15;/h4,6,8,12H,5,7,9-11H2,1-3H3,(H2,20,21,22);1H. The molecule has 0 amide bonds. The highest BCUT2D eigenvalue weighted by molar-refractivity contribution is 14.0. The molecule has 0 aliphatic rings. The first kappa shape index (κ1) is 21.8. The molecule has 7 heteroatoms. The van der Waals surface area contributed by atoms with Crippen LogP contribution in [0.5, 0.6) is 0 Å². The van der Waals surface area contributed by atoms with Crippen LogP contribution in [-0.4, -0.2) is 31.1 Å². The molecular formula is C18H26FIN4S. The molecule has 1 heterocycles. The van der Waals surface area contributed by atoms with E-state index >= 15 is 0 Å². The van der Waals surface area contributed by atoms with Crippen LogP contribution in [0.3, 0.4) is 0 Å². The Hall–Kier alpha value is -1.22. The van der Waals surface area contributed by atoms with Crippen molar-refractivity contribution in [3.63, 3.8) is 0 Å². The number of aryl methyl sites for hydroxylation is 3. The lowest BCUT2D eigenvalue weighted by Crippen LogP contribution is -2.38. The average molecular weight is 476 g/mol. The van der Waals surface area contributed by atoms with Crippen LogP contribution >= 0.6 is 35.3 Å². The molecule has 4 nitrogen and oxygen atoms in total. The van der Waals surface area contributed by atoms with Gasteiger partial charge < -0.3 is 10.6 Å². The molecule has 138 valence electrons. The largest absolute Gasteiger partial charge is 0.356 e. The van der Waals surface area contributed by atoms with Gasteiger partial charge in [0.2, 0.25) is 0 Å². The number of benzene rings is 1. The Morgan fingerprint density at radius 1 is 1.20 bits per heavy atom. The van der Waals surface area contributed by atoms with Crippen LogP contribution in [0.2, 0.25) is 0 Å². The third kappa shape index (κ3) is 7.68. The van der Waals surface area contributed by atoms with Crippen molar-refractivity contribution in [1.29, 1.82) is 0 Å². The summed E-state index contributed by atoms with van der Waals surface area (Å²) < 4.78 is 13.1. The zero-order chi connectivity index (χ0) is 17.4. The lowest BCUT2D eigenvalue weighted by atomic mass is 10.1. The molecule has 0 saturated heterocycles. The van der Waals surface area contributed by atoms with Gasteiger partial charge in [0.25, 0.3) is 0 Å². The summed E-state index contributed by atoms with van der Waals surface area (Å²) in [6, 6.07) is 6.76. The minimum absolute atomic E-state index is 0. The summed E-state index contributed by atoms with van der Waals surface area (Å²) in [6.45, 7) is 5.74. The fourth-order valence-electron chi connectivity index (χ4n) is 2.35. The van der Waals surface area contributed by atoms with Crippen molar-refractivity contribution in [1.82, 2.24) is 15.6 Å². The normalized spacial score (nSPS) is 11.1. The topological polar surface area (TPSA) is 49.3 Å². The molecule has 0 bridgehead atoms. The number of guanidine groups is 1. The van der Waals surface area contributed by atoms with Gasteiger partial charge in [-0.1, -0.05) is 12.1 Å². The highest BCUT2D eigenvalue weighted by atomic mass is 127. The molecule has 0 saturated carbocycles. The summed E-state index contributed by atoms with van der Waals surface area (Å²) >= 11 is 1.75. The van der Waals surface area contributed by atoms with Crippen molar-refractivity contribution in [3.8, 4) is 0 Å². The summed E-state index contributed by atoms with van der Waals surface area (Å²) in [5.74, 6) is 0.616. The van der Waals surface area contributed by atoms with E-state index in [9.17, 15) is 4.39 Å². The highest BCUT2D eigenvalue weighted by Gasteiger charge is 2.04. The Bertz CT molecular complexity index is 668. The van der Waals surface area contributed by atoms with E-state index in [0.717, 1.165) is 54.6 Å². The summed E-state index contributed by atoms with van der Waals surface area (Å²) in [5, 5.41) is 7.74. The number of hydrogen-bond donors (Lipinski definition) is 2. The number of nitrogens with zero attached hydrogens (tertiary/aromatic N) is 2. The van der Waals surface area contributed by atoms with Crippen molar-refractivity contribution in [2.24, 2.45) is 4.99 Å². The first-order valence-electron chi connectivity index (χ1n) is 8.20. The first-order valence-corrected chi connectivity index (χ1v) is 9.02. The molecule has 1 aromatic carbocycles. The van der Waals surface area contributed by atoms with E-state index in [-0.39, 0.29) is 29.8 Å². The van der Waals surface area contributed by atoms with Crippen LogP contribution in [0, 0.1) is 19.7 Å². The minimum Gasteiger partial charge on any atom is -0.356 e. The second-order valence-electron chi connectivity index (χ2n) is 5.66. The number of thiazole rings is 1. The van der Waals surface area contributed by atoms with Crippen LogP contribution in [0.4, 0.5) is 4.39 Å². The predicted molar refractivity (Wildman–Crippen MR) is 115 cm³/mol. The van der Waals surface area contributed by atoms with Gasteiger partial charge in [-0.05, 0) is 44.4 Å². The second kappa shape index (κ2) is 11.4. The summed E-state index contributed by atoms with van der Waals surface area (Å²) in [6.07, 6.45) is 2.66. The van der Waals surface area contributed by atoms with Gasteiger partial charge in [0.05, 0.1) is 10.7 Å². The van der Waals surface area contributed by atoms with Gasteiger partial charge in [0.1, 0.15) is 5.82 Å². The lowest BCUT2D eigenvalue weighted by Gasteiger charge is -2.11.